The molecule has 0 saturated carbocycles. The quantitative estimate of drug-likeness (QED) is 0.714. The SMILES string of the molecule is Cc1c(NC(=O)[C@H](C)NC(=O)c2ccccc2)c(=O)n(-c2ccccc2)n1C. The fourth-order valence-corrected chi connectivity index (χ4v) is 2.88. The number of anilines is 1. The molecule has 0 spiro atoms. The van der Waals surface area contributed by atoms with Crippen LogP contribution in [-0.2, 0) is 11.8 Å². The van der Waals surface area contributed by atoms with Gasteiger partial charge in [-0.2, -0.15) is 0 Å². The highest BCUT2D eigenvalue weighted by Crippen LogP contribution is 2.14. The lowest BCUT2D eigenvalue weighted by Gasteiger charge is -2.13. The predicted molar refractivity (Wildman–Crippen MR) is 108 cm³/mol. The largest absolute Gasteiger partial charge is 0.341 e. The summed E-state index contributed by atoms with van der Waals surface area (Å²) in [6.07, 6.45) is 0. The van der Waals surface area contributed by atoms with E-state index in [9.17, 15) is 14.4 Å². The smallest absolute Gasteiger partial charge is 0.295 e. The molecule has 0 aliphatic carbocycles. The van der Waals surface area contributed by atoms with Crippen LogP contribution >= 0.6 is 0 Å². The molecule has 0 unspecified atom stereocenters. The van der Waals surface area contributed by atoms with E-state index in [1.165, 1.54) is 4.68 Å². The fraction of sp³-hybridized carbons (Fsp3) is 0.190. The van der Waals surface area contributed by atoms with Gasteiger partial charge in [0.2, 0.25) is 5.91 Å². The highest BCUT2D eigenvalue weighted by Gasteiger charge is 2.22. The van der Waals surface area contributed by atoms with Gasteiger partial charge in [0, 0.05) is 12.6 Å². The van der Waals surface area contributed by atoms with Gasteiger partial charge in [-0.1, -0.05) is 36.4 Å². The molecule has 0 aliphatic rings. The number of hydrogen-bond donors (Lipinski definition) is 2. The van der Waals surface area contributed by atoms with Gasteiger partial charge in [-0.15, -0.1) is 0 Å². The van der Waals surface area contributed by atoms with Crippen LogP contribution in [0.25, 0.3) is 5.69 Å². The minimum absolute atomic E-state index is 0.192. The van der Waals surface area contributed by atoms with E-state index in [-0.39, 0.29) is 17.2 Å². The van der Waals surface area contributed by atoms with Gasteiger partial charge < -0.3 is 10.6 Å². The summed E-state index contributed by atoms with van der Waals surface area (Å²) >= 11 is 0. The predicted octanol–water partition coefficient (Wildman–Crippen LogP) is 2.24. The third-order valence-corrected chi connectivity index (χ3v) is 4.58. The molecular formula is C21H22N4O3. The molecule has 1 aromatic heterocycles. The van der Waals surface area contributed by atoms with E-state index in [2.05, 4.69) is 10.6 Å². The van der Waals surface area contributed by atoms with E-state index in [0.29, 0.717) is 16.9 Å². The average molecular weight is 378 g/mol. The van der Waals surface area contributed by atoms with Crippen LogP contribution in [-0.4, -0.2) is 27.2 Å². The Hall–Kier alpha value is -3.61. The van der Waals surface area contributed by atoms with Crippen LogP contribution in [0.5, 0.6) is 0 Å². The molecule has 144 valence electrons. The van der Waals surface area contributed by atoms with E-state index in [1.807, 2.05) is 36.4 Å². The number of benzene rings is 2. The normalized spacial score (nSPS) is 11.7. The highest BCUT2D eigenvalue weighted by atomic mass is 16.2. The summed E-state index contributed by atoms with van der Waals surface area (Å²) in [6, 6.07) is 17.0. The number of amides is 2. The van der Waals surface area contributed by atoms with Gasteiger partial charge in [0.1, 0.15) is 11.7 Å². The molecule has 0 bridgehead atoms. The second-order valence-electron chi connectivity index (χ2n) is 6.49. The van der Waals surface area contributed by atoms with Crippen molar-refractivity contribution < 1.29 is 9.59 Å². The van der Waals surface area contributed by atoms with Crippen LogP contribution in [0.15, 0.2) is 65.5 Å². The molecule has 1 atom stereocenters. The maximum atomic E-state index is 12.9. The molecule has 3 rings (SSSR count). The lowest BCUT2D eigenvalue weighted by molar-refractivity contribution is -0.117. The maximum Gasteiger partial charge on any atom is 0.295 e. The van der Waals surface area contributed by atoms with E-state index in [0.717, 1.165) is 0 Å². The Morgan fingerprint density at radius 2 is 1.54 bits per heavy atom. The third kappa shape index (κ3) is 3.73. The van der Waals surface area contributed by atoms with E-state index in [4.69, 9.17) is 0 Å². The van der Waals surface area contributed by atoms with Crippen molar-refractivity contribution in [2.75, 3.05) is 5.32 Å². The van der Waals surface area contributed by atoms with Gasteiger partial charge in [-0.3, -0.25) is 19.1 Å². The van der Waals surface area contributed by atoms with Gasteiger partial charge in [0.05, 0.1) is 11.4 Å². The summed E-state index contributed by atoms with van der Waals surface area (Å²) in [5, 5.41) is 5.30. The van der Waals surface area contributed by atoms with Crippen molar-refractivity contribution in [1.82, 2.24) is 14.7 Å². The Morgan fingerprint density at radius 3 is 2.14 bits per heavy atom. The average Bonchev–Trinajstić information content (AvgIpc) is 2.92. The van der Waals surface area contributed by atoms with Gasteiger partial charge in [0.25, 0.3) is 11.5 Å². The number of rotatable bonds is 5. The molecule has 7 heteroatoms. The molecule has 2 amide bonds. The molecule has 7 nitrogen and oxygen atoms in total. The van der Waals surface area contributed by atoms with E-state index < -0.39 is 11.9 Å². The van der Waals surface area contributed by atoms with Crippen LogP contribution in [0.4, 0.5) is 5.69 Å². The van der Waals surface area contributed by atoms with Crippen molar-refractivity contribution in [3.8, 4) is 5.69 Å². The Kier molecular flexibility index (Phi) is 5.44. The summed E-state index contributed by atoms with van der Waals surface area (Å²) in [6.45, 7) is 3.33. The molecule has 1 heterocycles. The van der Waals surface area contributed by atoms with Crippen LogP contribution in [0, 0.1) is 6.92 Å². The molecule has 3 aromatic rings. The molecular weight excluding hydrogens is 356 g/mol. The lowest BCUT2D eigenvalue weighted by Crippen LogP contribution is -2.42. The van der Waals surface area contributed by atoms with Crippen LogP contribution in [0.2, 0.25) is 0 Å². The number of nitrogens with zero attached hydrogens (tertiary/aromatic N) is 2. The number of para-hydroxylation sites is 1. The van der Waals surface area contributed by atoms with Gasteiger partial charge in [0.15, 0.2) is 0 Å². The summed E-state index contributed by atoms with van der Waals surface area (Å²) < 4.78 is 3.17. The van der Waals surface area contributed by atoms with Crippen LogP contribution in [0.1, 0.15) is 23.0 Å². The second kappa shape index (κ2) is 7.96. The third-order valence-electron chi connectivity index (χ3n) is 4.58. The van der Waals surface area contributed by atoms with Crippen molar-refractivity contribution >= 4 is 17.5 Å². The fourth-order valence-electron chi connectivity index (χ4n) is 2.88. The van der Waals surface area contributed by atoms with Crippen molar-refractivity contribution in [3.05, 3.63) is 82.3 Å². The Bertz CT molecular complexity index is 1050. The number of carbonyl (C=O) groups is 2. The zero-order valence-corrected chi connectivity index (χ0v) is 16.0. The first-order chi connectivity index (χ1) is 13.4. The minimum atomic E-state index is -0.808. The lowest BCUT2D eigenvalue weighted by atomic mass is 10.2. The summed E-state index contributed by atoms with van der Waals surface area (Å²) in [5.41, 5.74) is 1.63. The molecule has 0 aliphatic heterocycles. The van der Waals surface area contributed by atoms with Crippen molar-refractivity contribution in [2.24, 2.45) is 7.05 Å². The van der Waals surface area contributed by atoms with Crippen molar-refractivity contribution in [1.29, 1.82) is 0 Å². The Morgan fingerprint density at radius 1 is 0.964 bits per heavy atom. The van der Waals surface area contributed by atoms with Gasteiger partial charge in [-0.25, -0.2) is 4.68 Å². The first-order valence-electron chi connectivity index (χ1n) is 8.91. The summed E-state index contributed by atoms with van der Waals surface area (Å²) in [4.78, 5) is 37.6. The van der Waals surface area contributed by atoms with Gasteiger partial charge in [-0.05, 0) is 38.1 Å². The van der Waals surface area contributed by atoms with Gasteiger partial charge >= 0.3 is 0 Å². The zero-order chi connectivity index (χ0) is 20.3. The minimum Gasteiger partial charge on any atom is -0.341 e. The van der Waals surface area contributed by atoms with E-state index in [1.54, 1.807) is 49.8 Å². The van der Waals surface area contributed by atoms with Crippen molar-refractivity contribution in [3.63, 3.8) is 0 Å². The monoisotopic (exact) mass is 378 g/mol. The summed E-state index contributed by atoms with van der Waals surface area (Å²) in [7, 11) is 1.75. The molecule has 0 fully saturated rings. The van der Waals surface area contributed by atoms with Crippen LogP contribution < -0.4 is 16.2 Å². The standard InChI is InChI=1S/C21H22N4O3/c1-14(22-20(27)16-10-6-4-7-11-16)19(26)23-18-15(2)24(3)25(21(18)28)17-12-8-5-9-13-17/h4-14H,1-3H3,(H,22,27)(H,23,26)/t14-/m0/s1. The Balaban J connectivity index is 1.79. The number of aromatic nitrogens is 2. The highest BCUT2D eigenvalue weighted by molar-refractivity contribution is 6.01. The number of hydrogen-bond acceptors (Lipinski definition) is 3. The Labute approximate surface area is 162 Å². The molecule has 2 N–H and O–H groups in total. The maximum absolute atomic E-state index is 12.9. The summed E-state index contributed by atoms with van der Waals surface area (Å²) in [5.74, 6) is -0.815. The second-order valence-corrected chi connectivity index (χ2v) is 6.49. The molecule has 0 radical (unpaired) electrons. The number of nitrogens with one attached hydrogen (secondary N) is 2. The molecule has 0 saturated heterocycles. The first kappa shape index (κ1) is 19.2. The molecule has 2 aromatic carbocycles. The van der Waals surface area contributed by atoms with E-state index >= 15 is 0 Å². The zero-order valence-electron chi connectivity index (χ0n) is 16.0. The topological polar surface area (TPSA) is 85.1 Å². The van der Waals surface area contributed by atoms with Crippen LogP contribution in [0.3, 0.4) is 0 Å². The van der Waals surface area contributed by atoms with Crippen molar-refractivity contribution in [2.45, 2.75) is 19.9 Å². The first-order valence-corrected chi connectivity index (χ1v) is 8.91. The number of carbonyl (C=O) groups excluding carboxylic acids is 2. The molecule has 28 heavy (non-hydrogen) atoms.